The summed E-state index contributed by atoms with van der Waals surface area (Å²) in [6.07, 6.45) is 2.49. The van der Waals surface area contributed by atoms with Crippen LogP contribution in [-0.4, -0.2) is 22.5 Å². The Kier molecular flexibility index (Phi) is 4.01. The number of likely N-dealkylation sites (tertiary alicyclic amines) is 1. The molecule has 1 aromatic carbocycles. The summed E-state index contributed by atoms with van der Waals surface area (Å²) >= 11 is 0. The van der Waals surface area contributed by atoms with Gasteiger partial charge in [0, 0.05) is 12.1 Å². The minimum absolute atomic E-state index is 0.114. The SMILES string of the molecule is Cc1ccccc1CC(=O)N1CCC[C@@H]1c1c(C)noc1C. The highest BCUT2D eigenvalue weighted by Crippen LogP contribution is 2.35. The van der Waals surface area contributed by atoms with Crippen molar-refractivity contribution >= 4 is 5.91 Å². The lowest BCUT2D eigenvalue weighted by Gasteiger charge is -2.25. The van der Waals surface area contributed by atoms with Crippen molar-refractivity contribution in [2.45, 2.75) is 46.1 Å². The minimum atomic E-state index is 0.114. The van der Waals surface area contributed by atoms with Crippen LogP contribution in [0.5, 0.6) is 0 Å². The average molecular weight is 298 g/mol. The first kappa shape index (κ1) is 14.8. The van der Waals surface area contributed by atoms with Crippen molar-refractivity contribution < 1.29 is 9.32 Å². The highest BCUT2D eigenvalue weighted by molar-refractivity contribution is 5.80. The summed E-state index contributed by atoms with van der Waals surface area (Å²) in [4.78, 5) is 14.8. The third kappa shape index (κ3) is 2.65. The first-order valence-electron chi connectivity index (χ1n) is 7.84. The summed E-state index contributed by atoms with van der Waals surface area (Å²) in [7, 11) is 0. The van der Waals surface area contributed by atoms with Crippen LogP contribution in [0.15, 0.2) is 28.8 Å². The molecule has 0 unspecified atom stereocenters. The average Bonchev–Trinajstić information content (AvgIpc) is 3.08. The molecule has 1 fully saturated rings. The molecule has 0 aliphatic carbocycles. The monoisotopic (exact) mass is 298 g/mol. The van der Waals surface area contributed by atoms with Crippen molar-refractivity contribution in [2.24, 2.45) is 0 Å². The van der Waals surface area contributed by atoms with E-state index in [1.807, 2.05) is 36.9 Å². The van der Waals surface area contributed by atoms with E-state index in [-0.39, 0.29) is 11.9 Å². The summed E-state index contributed by atoms with van der Waals surface area (Å²) in [5.41, 5.74) is 4.27. The van der Waals surface area contributed by atoms with Crippen LogP contribution in [0.25, 0.3) is 0 Å². The largest absolute Gasteiger partial charge is 0.361 e. The van der Waals surface area contributed by atoms with Crippen LogP contribution < -0.4 is 0 Å². The van der Waals surface area contributed by atoms with Crippen LogP contribution in [0, 0.1) is 20.8 Å². The highest BCUT2D eigenvalue weighted by Gasteiger charge is 2.33. The van der Waals surface area contributed by atoms with E-state index < -0.39 is 0 Å². The molecule has 4 heteroatoms. The lowest BCUT2D eigenvalue weighted by molar-refractivity contribution is -0.131. The number of benzene rings is 1. The van der Waals surface area contributed by atoms with E-state index in [1.54, 1.807) is 0 Å². The molecule has 0 N–H and O–H groups in total. The lowest BCUT2D eigenvalue weighted by Crippen LogP contribution is -2.32. The maximum atomic E-state index is 12.8. The molecular weight excluding hydrogens is 276 g/mol. The van der Waals surface area contributed by atoms with Gasteiger partial charge >= 0.3 is 0 Å². The Hall–Kier alpha value is -2.10. The number of nitrogens with zero attached hydrogens (tertiary/aromatic N) is 2. The number of aryl methyl sites for hydroxylation is 3. The zero-order valence-corrected chi connectivity index (χ0v) is 13.4. The molecule has 1 aromatic heterocycles. The van der Waals surface area contributed by atoms with Gasteiger partial charge in [0.25, 0.3) is 0 Å². The molecule has 4 nitrogen and oxygen atoms in total. The summed E-state index contributed by atoms with van der Waals surface area (Å²) in [5, 5.41) is 4.04. The number of carbonyl (C=O) groups is 1. The smallest absolute Gasteiger partial charge is 0.227 e. The standard InChI is InChI=1S/C18H22N2O2/c1-12-7-4-5-8-15(12)11-17(21)20-10-6-9-16(20)18-13(2)19-22-14(18)3/h4-5,7-8,16H,6,9-11H2,1-3H3/t16-/m1/s1. The maximum absolute atomic E-state index is 12.8. The van der Waals surface area contributed by atoms with Gasteiger partial charge < -0.3 is 9.42 Å². The summed E-state index contributed by atoms with van der Waals surface area (Å²) < 4.78 is 5.29. The number of aromatic nitrogens is 1. The summed E-state index contributed by atoms with van der Waals surface area (Å²) in [5.74, 6) is 1.02. The molecule has 2 heterocycles. The van der Waals surface area contributed by atoms with Crippen LogP contribution in [0.4, 0.5) is 0 Å². The van der Waals surface area contributed by atoms with Gasteiger partial charge in [0.1, 0.15) is 5.76 Å². The number of carbonyl (C=O) groups excluding carboxylic acids is 1. The van der Waals surface area contributed by atoms with Crippen molar-refractivity contribution in [2.75, 3.05) is 6.54 Å². The molecule has 0 saturated carbocycles. The zero-order valence-electron chi connectivity index (χ0n) is 13.4. The van der Waals surface area contributed by atoms with Crippen molar-refractivity contribution in [3.05, 3.63) is 52.4 Å². The van der Waals surface area contributed by atoms with Gasteiger partial charge in [0.15, 0.2) is 0 Å². The van der Waals surface area contributed by atoms with Crippen LogP contribution in [-0.2, 0) is 11.2 Å². The number of hydrogen-bond donors (Lipinski definition) is 0. The van der Waals surface area contributed by atoms with Gasteiger partial charge in [-0.3, -0.25) is 4.79 Å². The molecule has 0 spiro atoms. The van der Waals surface area contributed by atoms with E-state index in [0.717, 1.165) is 42.0 Å². The molecule has 116 valence electrons. The Morgan fingerprint density at radius 1 is 1.32 bits per heavy atom. The topological polar surface area (TPSA) is 46.3 Å². The quantitative estimate of drug-likeness (QED) is 0.871. The van der Waals surface area contributed by atoms with Crippen molar-refractivity contribution in [3.8, 4) is 0 Å². The molecule has 1 atom stereocenters. The highest BCUT2D eigenvalue weighted by atomic mass is 16.5. The van der Waals surface area contributed by atoms with E-state index >= 15 is 0 Å². The van der Waals surface area contributed by atoms with E-state index in [2.05, 4.69) is 18.1 Å². The van der Waals surface area contributed by atoms with Gasteiger partial charge in [-0.25, -0.2) is 0 Å². The van der Waals surface area contributed by atoms with E-state index in [4.69, 9.17) is 4.52 Å². The molecule has 2 aromatic rings. The van der Waals surface area contributed by atoms with Crippen LogP contribution >= 0.6 is 0 Å². The second kappa shape index (κ2) is 5.95. The fourth-order valence-corrected chi connectivity index (χ4v) is 3.40. The van der Waals surface area contributed by atoms with E-state index in [1.165, 1.54) is 5.56 Å². The van der Waals surface area contributed by atoms with E-state index in [9.17, 15) is 4.79 Å². The number of amides is 1. The molecule has 0 bridgehead atoms. The second-order valence-electron chi connectivity index (χ2n) is 6.09. The maximum Gasteiger partial charge on any atom is 0.227 e. The van der Waals surface area contributed by atoms with Crippen LogP contribution in [0.1, 0.15) is 47.0 Å². The summed E-state index contributed by atoms with van der Waals surface area (Å²) in [6, 6.07) is 8.20. The molecule has 1 aliphatic heterocycles. The van der Waals surface area contributed by atoms with E-state index in [0.29, 0.717) is 6.42 Å². The van der Waals surface area contributed by atoms with Gasteiger partial charge in [-0.05, 0) is 44.7 Å². The Labute approximate surface area is 131 Å². The Morgan fingerprint density at radius 2 is 2.09 bits per heavy atom. The second-order valence-corrected chi connectivity index (χ2v) is 6.09. The molecule has 3 rings (SSSR count). The molecule has 0 radical (unpaired) electrons. The Morgan fingerprint density at radius 3 is 2.77 bits per heavy atom. The third-order valence-electron chi connectivity index (χ3n) is 4.60. The van der Waals surface area contributed by atoms with Crippen molar-refractivity contribution in [1.29, 1.82) is 0 Å². The third-order valence-corrected chi connectivity index (χ3v) is 4.60. The first-order valence-corrected chi connectivity index (χ1v) is 7.84. The Balaban J connectivity index is 1.81. The Bertz CT molecular complexity index is 671. The van der Waals surface area contributed by atoms with Gasteiger partial charge in [0.2, 0.25) is 5.91 Å². The molecule has 22 heavy (non-hydrogen) atoms. The fourth-order valence-electron chi connectivity index (χ4n) is 3.40. The molecule has 1 aliphatic rings. The first-order chi connectivity index (χ1) is 10.6. The number of rotatable bonds is 3. The lowest BCUT2D eigenvalue weighted by atomic mass is 10.0. The number of hydrogen-bond acceptors (Lipinski definition) is 3. The molecule has 1 saturated heterocycles. The normalized spacial score (nSPS) is 18.0. The molecule has 1 amide bonds. The zero-order chi connectivity index (χ0) is 15.7. The van der Waals surface area contributed by atoms with Gasteiger partial charge in [-0.2, -0.15) is 0 Å². The van der Waals surface area contributed by atoms with Gasteiger partial charge in [-0.15, -0.1) is 0 Å². The van der Waals surface area contributed by atoms with Crippen LogP contribution in [0.2, 0.25) is 0 Å². The van der Waals surface area contributed by atoms with Crippen LogP contribution in [0.3, 0.4) is 0 Å². The van der Waals surface area contributed by atoms with Gasteiger partial charge in [0.05, 0.1) is 18.2 Å². The van der Waals surface area contributed by atoms with Crippen molar-refractivity contribution in [3.63, 3.8) is 0 Å². The van der Waals surface area contributed by atoms with Gasteiger partial charge in [-0.1, -0.05) is 29.4 Å². The molecular formula is C18H22N2O2. The predicted octanol–water partition coefficient (Wildman–Crippen LogP) is 3.51. The van der Waals surface area contributed by atoms with Crippen molar-refractivity contribution in [1.82, 2.24) is 10.1 Å². The fraction of sp³-hybridized carbons (Fsp3) is 0.444. The minimum Gasteiger partial charge on any atom is -0.361 e. The summed E-state index contributed by atoms with van der Waals surface area (Å²) in [6.45, 7) is 6.75. The predicted molar refractivity (Wildman–Crippen MR) is 84.5 cm³/mol.